The third-order valence-corrected chi connectivity index (χ3v) is 1.77. The maximum atomic E-state index is 10.9. The molecule has 4 heteroatoms. The summed E-state index contributed by atoms with van der Waals surface area (Å²) in [5.74, 6) is 0.0904. The Morgan fingerprint density at radius 1 is 1.73 bits per heavy atom. The monoisotopic (exact) mass is 210 g/mol. The van der Waals surface area contributed by atoms with Gasteiger partial charge in [-0.25, -0.2) is 4.79 Å². The van der Waals surface area contributed by atoms with Crippen LogP contribution < -0.4 is 0 Å². The van der Waals surface area contributed by atoms with Crippen LogP contribution in [0.25, 0.3) is 0 Å². The van der Waals surface area contributed by atoms with Crippen molar-refractivity contribution in [2.45, 2.75) is 19.4 Å². The van der Waals surface area contributed by atoms with Gasteiger partial charge in [-0.2, -0.15) is 0 Å². The van der Waals surface area contributed by atoms with Crippen molar-refractivity contribution in [3.8, 4) is 0 Å². The van der Waals surface area contributed by atoms with E-state index in [-0.39, 0.29) is 0 Å². The fraction of sp³-hybridized carbons (Fsp3) is 0.364. The molecule has 0 aromatic carbocycles. The lowest BCUT2D eigenvalue weighted by atomic mass is 10.2. The lowest BCUT2D eigenvalue weighted by molar-refractivity contribution is -0.137. The highest BCUT2D eigenvalue weighted by Gasteiger charge is 2.07. The summed E-state index contributed by atoms with van der Waals surface area (Å²) in [7, 11) is 0. The molecule has 0 saturated carbocycles. The number of aliphatic hydroxyl groups is 1. The molecular formula is C11H14O4. The first-order valence-electron chi connectivity index (χ1n) is 4.78. The Hall–Kier alpha value is -1.55. The second-order valence-electron chi connectivity index (χ2n) is 2.92. The number of hydrogen-bond donors (Lipinski definition) is 1. The molecule has 1 aromatic rings. The number of esters is 1. The first-order valence-corrected chi connectivity index (χ1v) is 4.78. The topological polar surface area (TPSA) is 59.7 Å². The van der Waals surface area contributed by atoms with Crippen LogP contribution in [0.5, 0.6) is 0 Å². The Kier molecular flexibility index (Phi) is 4.63. The molecule has 1 aromatic heterocycles. The average Bonchev–Trinajstić information content (AvgIpc) is 2.70. The van der Waals surface area contributed by atoms with Gasteiger partial charge in [0, 0.05) is 6.08 Å². The fourth-order valence-corrected chi connectivity index (χ4v) is 1.08. The SMILES string of the molecule is CCOC(=O)/C=C/CC(O)c1ccco1. The molecular weight excluding hydrogens is 196 g/mol. The van der Waals surface area contributed by atoms with Gasteiger partial charge in [0.1, 0.15) is 11.9 Å². The average molecular weight is 210 g/mol. The second kappa shape index (κ2) is 6.03. The largest absolute Gasteiger partial charge is 0.467 e. The Bertz CT molecular complexity index is 313. The van der Waals surface area contributed by atoms with Crippen molar-refractivity contribution in [3.05, 3.63) is 36.3 Å². The van der Waals surface area contributed by atoms with E-state index in [2.05, 4.69) is 4.74 Å². The quantitative estimate of drug-likeness (QED) is 0.595. The number of carbonyl (C=O) groups is 1. The summed E-state index contributed by atoms with van der Waals surface area (Å²) in [4.78, 5) is 10.9. The molecule has 1 unspecified atom stereocenters. The normalized spacial score (nSPS) is 12.9. The second-order valence-corrected chi connectivity index (χ2v) is 2.92. The molecule has 0 spiro atoms. The Balaban J connectivity index is 2.34. The molecule has 0 fully saturated rings. The van der Waals surface area contributed by atoms with Crippen LogP contribution in [0.3, 0.4) is 0 Å². The highest BCUT2D eigenvalue weighted by Crippen LogP contribution is 2.16. The van der Waals surface area contributed by atoms with E-state index < -0.39 is 12.1 Å². The summed E-state index contributed by atoms with van der Waals surface area (Å²) < 4.78 is 9.68. The van der Waals surface area contributed by atoms with Gasteiger partial charge in [-0.05, 0) is 25.5 Å². The summed E-state index contributed by atoms with van der Waals surface area (Å²) in [6.45, 7) is 2.09. The molecule has 82 valence electrons. The summed E-state index contributed by atoms with van der Waals surface area (Å²) in [6.07, 6.45) is 3.96. The minimum Gasteiger partial charge on any atom is -0.467 e. The van der Waals surface area contributed by atoms with Crippen molar-refractivity contribution < 1.29 is 19.1 Å². The molecule has 0 aliphatic heterocycles. The molecule has 1 atom stereocenters. The maximum Gasteiger partial charge on any atom is 0.330 e. The molecule has 0 aliphatic carbocycles. The fourth-order valence-electron chi connectivity index (χ4n) is 1.08. The van der Waals surface area contributed by atoms with Gasteiger partial charge in [0.2, 0.25) is 0 Å². The first kappa shape index (κ1) is 11.5. The van der Waals surface area contributed by atoms with E-state index in [9.17, 15) is 9.90 Å². The van der Waals surface area contributed by atoms with E-state index in [1.54, 1.807) is 25.1 Å². The first-order chi connectivity index (χ1) is 7.24. The van der Waals surface area contributed by atoms with Gasteiger partial charge in [-0.1, -0.05) is 6.08 Å². The lowest BCUT2D eigenvalue weighted by Crippen LogP contribution is -1.99. The van der Waals surface area contributed by atoms with Crippen LogP contribution in [0.15, 0.2) is 35.0 Å². The number of ether oxygens (including phenoxy) is 1. The number of furan rings is 1. The van der Waals surface area contributed by atoms with Gasteiger partial charge in [-0.3, -0.25) is 0 Å². The van der Waals surface area contributed by atoms with Gasteiger partial charge >= 0.3 is 5.97 Å². The zero-order chi connectivity index (χ0) is 11.1. The molecule has 1 N–H and O–H groups in total. The van der Waals surface area contributed by atoms with Gasteiger partial charge in [0.05, 0.1) is 12.9 Å². The number of aliphatic hydroxyl groups excluding tert-OH is 1. The van der Waals surface area contributed by atoms with E-state index in [1.807, 2.05) is 0 Å². The zero-order valence-electron chi connectivity index (χ0n) is 8.55. The molecule has 0 aliphatic rings. The predicted octanol–water partition coefficient (Wildman–Crippen LogP) is 1.82. The van der Waals surface area contributed by atoms with Gasteiger partial charge < -0.3 is 14.3 Å². The highest BCUT2D eigenvalue weighted by atomic mass is 16.5. The number of carbonyl (C=O) groups excluding carboxylic acids is 1. The molecule has 0 bridgehead atoms. The predicted molar refractivity (Wildman–Crippen MR) is 54.1 cm³/mol. The van der Waals surface area contributed by atoms with Crippen molar-refractivity contribution in [2.75, 3.05) is 6.61 Å². The van der Waals surface area contributed by atoms with E-state index in [0.717, 1.165) is 0 Å². The molecule has 0 radical (unpaired) electrons. The van der Waals surface area contributed by atoms with Crippen molar-refractivity contribution in [1.82, 2.24) is 0 Å². The Labute approximate surface area is 88.2 Å². The smallest absolute Gasteiger partial charge is 0.330 e. The van der Waals surface area contributed by atoms with Crippen molar-refractivity contribution in [2.24, 2.45) is 0 Å². The van der Waals surface area contributed by atoms with E-state index in [4.69, 9.17) is 4.42 Å². The van der Waals surface area contributed by atoms with Gasteiger partial charge in [0.15, 0.2) is 0 Å². The maximum absolute atomic E-state index is 10.9. The van der Waals surface area contributed by atoms with Crippen molar-refractivity contribution >= 4 is 5.97 Å². The molecule has 4 nitrogen and oxygen atoms in total. The molecule has 0 amide bonds. The molecule has 0 saturated heterocycles. The minimum absolute atomic E-state index is 0.326. The molecule has 1 rings (SSSR count). The number of hydrogen-bond acceptors (Lipinski definition) is 4. The third-order valence-electron chi connectivity index (χ3n) is 1.77. The highest BCUT2D eigenvalue weighted by molar-refractivity contribution is 5.81. The molecule has 1 heterocycles. The lowest BCUT2D eigenvalue weighted by Gasteiger charge is -2.02. The summed E-state index contributed by atoms with van der Waals surface area (Å²) in [5.41, 5.74) is 0. The van der Waals surface area contributed by atoms with E-state index >= 15 is 0 Å². The summed E-state index contributed by atoms with van der Waals surface area (Å²) in [6, 6.07) is 3.39. The van der Waals surface area contributed by atoms with Crippen LogP contribution in [-0.4, -0.2) is 17.7 Å². The van der Waals surface area contributed by atoms with Crippen LogP contribution in [-0.2, 0) is 9.53 Å². The minimum atomic E-state index is -0.717. The molecule has 15 heavy (non-hydrogen) atoms. The number of rotatable bonds is 5. The summed E-state index contributed by atoms with van der Waals surface area (Å²) >= 11 is 0. The Morgan fingerprint density at radius 2 is 2.53 bits per heavy atom. The van der Waals surface area contributed by atoms with Crippen molar-refractivity contribution in [3.63, 3.8) is 0 Å². The van der Waals surface area contributed by atoms with Crippen LogP contribution >= 0.6 is 0 Å². The third kappa shape index (κ3) is 3.99. The van der Waals surface area contributed by atoms with E-state index in [1.165, 1.54) is 12.3 Å². The van der Waals surface area contributed by atoms with E-state index in [0.29, 0.717) is 18.8 Å². The van der Waals surface area contributed by atoms with Crippen LogP contribution in [0.2, 0.25) is 0 Å². The van der Waals surface area contributed by atoms with Crippen LogP contribution in [0.1, 0.15) is 25.2 Å². The standard InChI is InChI=1S/C11H14O4/c1-2-14-11(13)7-3-5-9(12)10-6-4-8-15-10/h3-4,6-9,12H,2,5H2,1H3/b7-3+. The van der Waals surface area contributed by atoms with Crippen LogP contribution in [0.4, 0.5) is 0 Å². The summed E-state index contributed by atoms with van der Waals surface area (Å²) in [5, 5.41) is 9.56. The van der Waals surface area contributed by atoms with Crippen molar-refractivity contribution in [1.29, 1.82) is 0 Å². The zero-order valence-corrected chi connectivity index (χ0v) is 8.55. The van der Waals surface area contributed by atoms with Crippen LogP contribution in [0, 0.1) is 0 Å². The van der Waals surface area contributed by atoms with Gasteiger partial charge in [-0.15, -0.1) is 0 Å². The Morgan fingerprint density at radius 3 is 3.13 bits per heavy atom. The van der Waals surface area contributed by atoms with Gasteiger partial charge in [0.25, 0.3) is 0 Å².